The molecule has 17 heavy (non-hydrogen) atoms. The van der Waals surface area contributed by atoms with Crippen molar-refractivity contribution in [2.75, 3.05) is 0 Å². The Hall–Kier alpha value is -2.49. The lowest BCUT2D eigenvalue weighted by Crippen LogP contribution is -2.11. The number of hydrogen-bond acceptors (Lipinski definition) is 3. The van der Waals surface area contributed by atoms with Crippen molar-refractivity contribution < 1.29 is 0 Å². The highest BCUT2D eigenvalue weighted by Crippen LogP contribution is 2.14. The Labute approximate surface area is 97.0 Å². The average Bonchev–Trinajstić information content (AvgIpc) is 2.39. The van der Waals surface area contributed by atoms with E-state index in [1.165, 1.54) is 0 Å². The van der Waals surface area contributed by atoms with Gasteiger partial charge >= 0.3 is 0 Å². The van der Waals surface area contributed by atoms with E-state index in [2.05, 4.69) is 15.0 Å². The van der Waals surface area contributed by atoms with Crippen molar-refractivity contribution in [3.05, 3.63) is 59.1 Å². The van der Waals surface area contributed by atoms with Crippen LogP contribution in [0.25, 0.3) is 22.3 Å². The first-order valence-electron chi connectivity index (χ1n) is 5.24. The van der Waals surface area contributed by atoms with Gasteiger partial charge in [-0.25, -0.2) is 4.98 Å². The van der Waals surface area contributed by atoms with Crippen molar-refractivity contribution >= 4 is 11.0 Å². The van der Waals surface area contributed by atoms with Crippen LogP contribution in [0.5, 0.6) is 0 Å². The Morgan fingerprint density at radius 1 is 1.06 bits per heavy atom. The van der Waals surface area contributed by atoms with E-state index >= 15 is 0 Å². The van der Waals surface area contributed by atoms with Gasteiger partial charge in [0, 0.05) is 11.8 Å². The lowest BCUT2D eigenvalue weighted by Gasteiger charge is -2.01. The fourth-order valence-corrected chi connectivity index (χ4v) is 1.73. The molecule has 4 nitrogen and oxygen atoms in total. The van der Waals surface area contributed by atoms with Crippen LogP contribution in [0.3, 0.4) is 0 Å². The van der Waals surface area contributed by atoms with Gasteiger partial charge in [0.15, 0.2) is 0 Å². The molecule has 0 spiro atoms. The first-order valence-corrected chi connectivity index (χ1v) is 5.24. The normalized spacial score (nSPS) is 10.6. The maximum atomic E-state index is 11.9. The number of rotatable bonds is 1. The molecule has 3 aromatic rings. The van der Waals surface area contributed by atoms with E-state index in [0.29, 0.717) is 16.7 Å². The Bertz CT molecular complexity index is 719. The molecule has 0 radical (unpaired) electrons. The zero-order chi connectivity index (χ0) is 11.7. The summed E-state index contributed by atoms with van der Waals surface area (Å²) in [5, 5.41) is 0. The van der Waals surface area contributed by atoms with Crippen molar-refractivity contribution in [2.24, 2.45) is 0 Å². The van der Waals surface area contributed by atoms with Crippen LogP contribution in [-0.2, 0) is 0 Å². The lowest BCUT2D eigenvalue weighted by atomic mass is 10.1. The average molecular weight is 223 g/mol. The molecule has 0 fully saturated rings. The number of nitrogens with zero attached hydrogens (tertiary/aromatic N) is 2. The van der Waals surface area contributed by atoms with Gasteiger partial charge in [0.25, 0.3) is 5.56 Å². The summed E-state index contributed by atoms with van der Waals surface area (Å²) in [5.41, 5.74) is 2.43. The standard InChI is InChI=1S/C13H9N3O/c17-13-12(9-4-2-1-3-5-9)15-11-8-14-7-6-10(11)16-13/h1-8H,(H,16,17). The largest absolute Gasteiger partial charge is 0.319 e. The van der Waals surface area contributed by atoms with E-state index in [1.807, 2.05) is 30.3 Å². The molecule has 0 amide bonds. The maximum Gasteiger partial charge on any atom is 0.274 e. The first kappa shape index (κ1) is 9.72. The van der Waals surface area contributed by atoms with E-state index in [9.17, 15) is 4.79 Å². The highest BCUT2D eigenvalue weighted by molar-refractivity contribution is 5.75. The fraction of sp³-hybridized carbons (Fsp3) is 0. The number of benzene rings is 1. The molecule has 0 unspecified atom stereocenters. The molecule has 0 saturated heterocycles. The Balaban J connectivity index is 2.31. The lowest BCUT2D eigenvalue weighted by molar-refractivity contribution is 1.20. The Kier molecular flexibility index (Phi) is 2.19. The number of fused-ring (bicyclic) bond motifs is 1. The van der Waals surface area contributed by atoms with Gasteiger partial charge in [-0.3, -0.25) is 9.78 Å². The number of nitrogens with one attached hydrogen (secondary N) is 1. The second-order valence-electron chi connectivity index (χ2n) is 3.67. The van der Waals surface area contributed by atoms with Crippen LogP contribution >= 0.6 is 0 Å². The number of aromatic nitrogens is 3. The van der Waals surface area contributed by atoms with Crippen molar-refractivity contribution in [1.29, 1.82) is 0 Å². The maximum absolute atomic E-state index is 11.9. The Morgan fingerprint density at radius 2 is 1.88 bits per heavy atom. The predicted molar refractivity (Wildman–Crippen MR) is 65.6 cm³/mol. The first-order chi connectivity index (χ1) is 8.34. The third-order valence-corrected chi connectivity index (χ3v) is 2.54. The third kappa shape index (κ3) is 1.69. The van der Waals surface area contributed by atoms with E-state index in [4.69, 9.17) is 0 Å². The van der Waals surface area contributed by atoms with Gasteiger partial charge in [-0.15, -0.1) is 0 Å². The summed E-state index contributed by atoms with van der Waals surface area (Å²) in [6.07, 6.45) is 3.26. The molecular formula is C13H9N3O. The number of hydrogen-bond donors (Lipinski definition) is 1. The Morgan fingerprint density at radius 3 is 2.71 bits per heavy atom. The minimum absolute atomic E-state index is 0.185. The van der Waals surface area contributed by atoms with Crippen LogP contribution in [0.15, 0.2) is 53.6 Å². The quantitative estimate of drug-likeness (QED) is 0.686. The summed E-state index contributed by atoms with van der Waals surface area (Å²) in [4.78, 5) is 23.0. The SMILES string of the molecule is O=c1[nH]c2ccncc2nc1-c1ccccc1. The molecule has 0 aliphatic rings. The zero-order valence-corrected chi connectivity index (χ0v) is 8.92. The molecule has 4 heteroatoms. The van der Waals surface area contributed by atoms with Gasteiger partial charge in [-0.05, 0) is 6.07 Å². The minimum Gasteiger partial charge on any atom is -0.319 e. The summed E-state index contributed by atoms with van der Waals surface area (Å²) in [6.45, 7) is 0. The van der Waals surface area contributed by atoms with Crippen molar-refractivity contribution in [3.63, 3.8) is 0 Å². The van der Waals surface area contributed by atoms with Crippen LogP contribution in [0.4, 0.5) is 0 Å². The second kappa shape index (κ2) is 3.83. The smallest absolute Gasteiger partial charge is 0.274 e. The molecule has 1 N–H and O–H groups in total. The molecule has 3 rings (SSSR count). The monoisotopic (exact) mass is 223 g/mol. The van der Waals surface area contributed by atoms with Crippen LogP contribution < -0.4 is 5.56 Å². The van der Waals surface area contributed by atoms with Gasteiger partial charge in [-0.2, -0.15) is 0 Å². The summed E-state index contributed by atoms with van der Waals surface area (Å²) in [5.74, 6) is 0. The second-order valence-corrected chi connectivity index (χ2v) is 3.67. The van der Waals surface area contributed by atoms with Gasteiger partial charge in [0.1, 0.15) is 11.2 Å². The predicted octanol–water partition coefficient (Wildman–Crippen LogP) is 1.99. The third-order valence-electron chi connectivity index (χ3n) is 2.54. The molecule has 0 saturated carbocycles. The topological polar surface area (TPSA) is 58.6 Å². The van der Waals surface area contributed by atoms with E-state index < -0.39 is 0 Å². The molecular weight excluding hydrogens is 214 g/mol. The highest BCUT2D eigenvalue weighted by atomic mass is 16.1. The van der Waals surface area contributed by atoms with Crippen LogP contribution in [0, 0.1) is 0 Å². The van der Waals surface area contributed by atoms with Crippen molar-refractivity contribution in [2.45, 2.75) is 0 Å². The summed E-state index contributed by atoms with van der Waals surface area (Å²) < 4.78 is 0. The van der Waals surface area contributed by atoms with Crippen molar-refractivity contribution in [3.8, 4) is 11.3 Å². The van der Waals surface area contributed by atoms with E-state index in [1.54, 1.807) is 18.5 Å². The number of aromatic amines is 1. The molecule has 0 aliphatic heterocycles. The van der Waals surface area contributed by atoms with Crippen LogP contribution in [0.2, 0.25) is 0 Å². The molecule has 2 aromatic heterocycles. The van der Waals surface area contributed by atoms with Crippen LogP contribution in [-0.4, -0.2) is 15.0 Å². The minimum atomic E-state index is -0.185. The van der Waals surface area contributed by atoms with Gasteiger partial charge in [0.2, 0.25) is 0 Å². The summed E-state index contributed by atoms with van der Waals surface area (Å²) in [6, 6.07) is 11.1. The van der Waals surface area contributed by atoms with Crippen LogP contribution in [0.1, 0.15) is 0 Å². The van der Waals surface area contributed by atoms with Crippen molar-refractivity contribution in [1.82, 2.24) is 15.0 Å². The summed E-state index contributed by atoms with van der Waals surface area (Å²) in [7, 11) is 0. The molecule has 0 atom stereocenters. The fourth-order valence-electron chi connectivity index (χ4n) is 1.73. The molecule has 1 aromatic carbocycles. The van der Waals surface area contributed by atoms with Gasteiger partial charge < -0.3 is 4.98 Å². The molecule has 0 bridgehead atoms. The zero-order valence-electron chi connectivity index (χ0n) is 8.92. The molecule has 2 heterocycles. The summed E-state index contributed by atoms with van der Waals surface area (Å²) >= 11 is 0. The number of pyridine rings is 1. The van der Waals surface area contributed by atoms with E-state index in [-0.39, 0.29) is 5.56 Å². The van der Waals surface area contributed by atoms with Gasteiger partial charge in [0.05, 0.1) is 11.7 Å². The molecule has 0 aliphatic carbocycles. The molecule has 82 valence electrons. The van der Waals surface area contributed by atoms with E-state index in [0.717, 1.165) is 5.56 Å². The van der Waals surface area contributed by atoms with Gasteiger partial charge in [-0.1, -0.05) is 30.3 Å². The highest BCUT2D eigenvalue weighted by Gasteiger charge is 2.06. The number of H-pyrrole nitrogens is 1.